The number of halogens is 1. The van der Waals surface area contributed by atoms with E-state index in [9.17, 15) is 13.2 Å². The second kappa shape index (κ2) is 8.76. The molecule has 0 atom stereocenters. The molecule has 0 unspecified atom stereocenters. The van der Waals surface area contributed by atoms with Gasteiger partial charge in [-0.3, -0.25) is 9.78 Å². The van der Waals surface area contributed by atoms with Gasteiger partial charge >= 0.3 is 0 Å². The summed E-state index contributed by atoms with van der Waals surface area (Å²) in [6.07, 6.45) is 3.01. The Morgan fingerprint density at radius 3 is 2.31 bits per heavy atom. The second-order valence-corrected chi connectivity index (χ2v) is 9.19. The van der Waals surface area contributed by atoms with E-state index in [1.807, 2.05) is 13.8 Å². The average molecular weight is 430 g/mol. The van der Waals surface area contributed by atoms with Crippen LogP contribution in [0.1, 0.15) is 35.3 Å². The lowest BCUT2D eigenvalue weighted by atomic mass is 10.00. The Hall–Kier alpha value is -2.70. The molecular formula is C22H20ClNO4S. The van der Waals surface area contributed by atoms with Gasteiger partial charge < -0.3 is 4.74 Å². The summed E-state index contributed by atoms with van der Waals surface area (Å²) in [6, 6.07) is 14.1. The van der Waals surface area contributed by atoms with Crippen molar-refractivity contribution in [2.45, 2.75) is 30.6 Å². The van der Waals surface area contributed by atoms with Crippen molar-refractivity contribution in [2.24, 2.45) is 0 Å². The van der Waals surface area contributed by atoms with E-state index in [2.05, 4.69) is 4.98 Å². The molecule has 0 N–H and O–H groups in total. The Balaban J connectivity index is 1.92. The lowest BCUT2D eigenvalue weighted by Crippen LogP contribution is -2.11. The smallest absolute Gasteiger partial charge is 0.193 e. The monoisotopic (exact) mass is 429 g/mol. The third-order valence-corrected chi connectivity index (χ3v) is 6.08. The quantitative estimate of drug-likeness (QED) is 0.508. The first kappa shape index (κ1) is 21.0. The molecule has 150 valence electrons. The highest BCUT2D eigenvalue weighted by molar-refractivity contribution is 7.90. The second-order valence-electron chi connectivity index (χ2n) is 6.76. The maximum absolute atomic E-state index is 12.9. The molecule has 0 aliphatic heterocycles. The number of rotatable bonds is 7. The highest BCUT2D eigenvalue weighted by Crippen LogP contribution is 2.25. The van der Waals surface area contributed by atoms with Gasteiger partial charge in [0.2, 0.25) is 0 Å². The number of benzene rings is 2. The molecule has 3 rings (SSSR count). The number of hydrogen-bond acceptors (Lipinski definition) is 5. The average Bonchev–Trinajstić information content (AvgIpc) is 2.69. The molecule has 0 radical (unpaired) electrons. The standard InChI is InChI=1S/C22H20ClNO4S/c1-15(2)28-19-5-7-20(8-6-19)29(26,27)14-17-3-4-18(23)13-21(17)22(25)16-9-11-24-12-10-16/h3-13,15H,14H2,1-2H3. The SMILES string of the molecule is CC(C)Oc1ccc(S(=O)(=O)Cc2ccc(Cl)cc2C(=O)c2ccncc2)cc1. The van der Waals surface area contributed by atoms with Gasteiger partial charge in [0.15, 0.2) is 15.6 Å². The van der Waals surface area contributed by atoms with Crippen LogP contribution >= 0.6 is 11.6 Å². The largest absolute Gasteiger partial charge is 0.491 e. The van der Waals surface area contributed by atoms with Crippen molar-refractivity contribution in [1.82, 2.24) is 4.98 Å². The number of ether oxygens (including phenoxy) is 1. The Kier molecular flexibility index (Phi) is 6.35. The van der Waals surface area contributed by atoms with Crippen molar-refractivity contribution in [3.63, 3.8) is 0 Å². The Labute approximate surface area is 175 Å². The van der Waals surface area contributed by atoms with Crippen LogP contribution in [0.4, 0.5) is 0 Å². The van der Waals surface area contributed by atoms with Crippen LogP contribution in [0, 0.1) is 0 Å². The molecular weight excluding hydrogens is 410 g/mol. The van der Waals surface area contributed by atoms with Gasteiger partial charge in [-0.15, -0.1) is 0 Å². The van der Waals surface area contributed by atoms with Crippen LogP contribution in [0.2, 0.25) is 5.02 Å². The summed E-state index contributed by atoms with van der Waals surface area (Å²) in [6.45, 7) is 3.79. The normalized spacial score (nSPS) is 11.4. The van der Waals surface area contributed by atoms with Crippen LogP contribution in [-0.2, 0) is 15.6 Å². The highest BCUT2D eigenvalue weighted by atomic mass is 35.5. The number of aromatic nitrogens is 1. The van der Waals surface area contributed by atoms with Crippen LogP contribution in [0.3, 0.4) is 0 Å². The molecule has 0 saturated heterocycles. The number of carbonyl (C=O) groups is 1. The van der Waals surface area contributed by atoms with E-state index in [1.54, 1.807) is 36.4 Å². The van der Waals surface area contributed by atoms with E-state index < -0.39 is 9.84 Å². The molecule has 7 heteroatoms. The van der Waals surface area contributed by atoms with Crippen molar-refractivity contribution in [3.8, 4) is 5.75 Å². The van der Waals surface area contributed by atoms with Crippen LogP contribution < -0.4 is 4.74 Å². The van der Waals surface area contributed by atoms with Crippen LogP contribution in [0.5, 0.6) is 5.75 Å². The third-order valence-electron chi connectivity index (χ3n) is 4.16. The minimum absolute atomic E-state index is 0.00622. The van der Waals surface area contributed by atoms with Crippen molar-refractivity contribution in [1.29, 1.82) is 0 Å². The van der Waals surface area contributed by atoms with Crippen molar-refractivity contribution in [2.75, 3.05) is 0 Å². The molecule has 0 aliphatic rings. The van der Waals surface area contributed by atoms with E-state index >= 15 is 0 Å². The molecule has 0 fully saturated rings. The van der Waals surface area contributed by atoms with E-state index in [4.69, 9.17) is 16.3 Å². The molecule has 1 aromatic heterocycles. The molecule has 0 saturated carbocycles. The minimum atomic E-state index is -3.67. The topological polar surface area (TPSA) is 73.3 Å². The minimum Gasteiger partial charge on any atom is -0.491 e. The fourth-order valence-corrected chi connectivity index (χ4v) is 4.38. The molecule has 2 aromatic carbocycles. The van der Waals surface area contributed by atoms with Crippen molar-refractivity contribution >= 4 is 27.2 Å². The molecule has 3 aromatic rings. The fourth-order valence-electron chi connectivity index (χ4n) is 2.83. The summed E-state index contributed by atoms with van der Waals surface area (Å²) in [4.78, 5) is 17.0. The number of ketones is 1. The van der Waals surface area contributed by atoms with Crippen LogP contribution in [0.15, 0.2) is 71.9 Å². The first-order valence-corrected chi connectivity index (χ1v) is 11.0. The number of sulfone groups is 1. The van der Waals surface area contributed by atoms with Crippen molar-refractivity contribution in [3.05, 3.63) is 88.7 Å². The molecule has 0 spiro atoms. The zero-order chi connectivity index (χ0) is 21.0. The maximum atomic E-state index is 12.9. The van der Waals surface area contributed by atoms with Gasteiger partial charge in [-0.05, 0) is 67.9 Å². The van der Waals surface area contributed by atoms with Crippen LogP contribution in [-0.4, -0.2) is 25.3 Å². The Morgan fingerprint density at radius 1 is 1.03 bits per heavy atom. The Bertz CT molecular complexity index is 1110. The van der Waals surface area contributed by atoms with Gasteiger partial charge in [0.1, 0.15) is 5.75 Å². The summed E-state index contributed by atoms with van der Waals surface area (Å²) >= 11 is 6.07. The first-order chi connectivity index (χ1) is 13.8. The van der Waals surface area contributed by atoms with Gasteiger partial charge in [0.25, 0.3) is 0 Å². The third kappa shape index (κ3) is 5.22. The first-order valence-electron chi connectivity index (χ1n) is 8.99. The lowest BCUT2D eigenvalue weighted by Gasteiger charge is -2.12. The highest BCUT2D eigenvalue weighted by Gasteiger charge is 2.21. The number of hydrogen-bond donors (Lipinski definition) is 0. The van der Waals surface area contributed by atoms with E-state index in [0.29, 0.717) is 21.9 Å². The summed E-state index contributed by atoms with van der Waals surface area (Å²) in [5, 5.41) is 0.360. The summed E-state index contributed by atoms with van der Waals surface area (Å²) in [5.41, 5.74) is 1.06. The van der Waals surface area contributed by atoms with Gasteiger partial charge in [0, 0.05) is 28.5 Å². The van der Waals surface area contributed by atoms with Gasteiger partial charge in [-0.25, -0.2) is 8.42 Å². The molecule has 0 bridgehead atoms. The fraction of sp³-hybridized carbons (Fsp3) is 0.182. The number of pyridine rings is 1. The molecule has 29 heavy (non-hydrogen) atoms. The van der Waals surface area contributed by atoms with E-state index in [-0.39, 0.29) is 28.1 Å². The molecule has 5 nitrogen and oxygen atoms in total. The molecule has 0 amide bonds. The van der Waals surface area contributed by atoms with Gasteiger partial charge in [-0.1, -0.05) is 17.7 Å². The predicted molar refractivity (Wildman–Crippen MR) is 112 cm³/mol. The lowest BCUT2D eigenvalue weighted by molar-refractivity contribution is 0.103. The zero-order valence-corrected chi connectivity index (χ0v) is 17.6. The van der Waals surface area contributed by atoms with Gasteiger partial charge in [0.05, 0.1) is 16.8 Å². The van der Waals surface area contributed by atoms with E-state index in [0.717, 1.165) is 0 Å². The molecule has 0 aliphatic carbocycles. The summed E-state index contributed by atoms with van der Waals surface area (Å²) in [7, 11) is -3.67. The summed E-state index contributed by atoms with van der Waals surface area (Å²) in [5.74, 6) is -0.0273. The number of carbonyl (C=O) groups excluding carboxylic acids is 1. The zero-order valence-electron chi connectivity index (χ0n) is 16.0. The Morgan fingerprint density at radius 2 is 1.69 bits per heavy atom. The van der Waals surface area contributed by atoms with Gasteiger partial charge in [-0.2, -0.15) is 0 Å². The maximum Gasteiger partial charge on any atom is 0.193 e. The predicted octanol–water partition coefficient (Wildman–Crippen LogP) is 4.73. The van der Waals surface area contributed by atoms with Crippen LogP contribution in [0.25, 0.3) is 0 Å². The van der Waals surface area contributed by atoms with Crippen molar-refractivity contribution < 1.29 is 17.9 Å². The summed E-state index contributed by atoms with van der Waals surface area (Å²) < 4.78 is 31.4. The van der Waals surface area contributed by atoms with E-state index in [1.165, 1.54) is 30.6 Å². The molecule has 1 heterocycles. The number of nitrogens with zero attached hydrogens (tertiary/aromatic N) is 1.